The van der Waals surface area contributed by atoms with Gasteiger partial charge < -0.3 is 0 Å². The van der Waals surface area contributed by atoms with E-state index >= 15 is 0 Å². The maximum atomic E-state index is 4.28. The van der Waals surface area contributed by atoms with Crippen LogP contribution in [0.3, 0.4) is 0 Å². The molecule has 0 saturated heterocycles. The molecule has 1 aromatic rings. The number of hydrogen-bond donors (Lipinski definition) is 0. The lowest BCUT2D eigenvalue weighted by molar-refractivity contribution is 0.376. The first-order chi connectivity index (χ1) is 5.58. The topological polar surface area (TPSA) is 12.9 Å². The average Bonchev–Trinajstić information content (AvgIpc) is 2.02. The molecule has 1 rings (SSSR count). The summed E-state index contributed by atoms with van der Waals surface area (Å²) in [4.78, 5) is 4.28. The Hall–Kier alpha value is -0.850. The van der Waals surface area contributed by atoms with E-state index in [9.17, 15) is 0 Å². The van der Waals surface area contributed by atoms with Crippen molar-refractivity contribution in [3.63, 3.8) is 0 Å². The molecule has 0 aliphatic carbocycles. The maximum Gasteiger partial charge on any atom is 0.0403 e. The minimum Gasteiger partial charge on any atom is -0.261 e. The van der Waals surface area contributed by atoms with Gasteiger partial charge in [-0.05, 0) is 30.4 Å². The molecule has 0 aliphatic rings. The Kier molecular flexibility index (Phi) is 2.85. The number of aromatic nitrogens is 1. The summed E-state index contributed by atoms with van der Waals surface area (Å²) in [5.74, 6) is 0. The zero-order valence-electron chi connectivity index (χ0n) is 8.17. The van der Waals surface area contributed by atoms with E-state index < -0.39 is 0 Å². The van der Waals surface area contributed by atoms with Crippen LogP contribution < -0.4 is 0 Å². The van der Waals surface area contributed by atoms with Gasteiger partial charge in [-0.3, -0.25) is 4.98 Å². The SMILES string of the molecule is CC(C)(C)CCc1ccccn1. The molecule has 0 radical (unpaired) electrons. The van der Waals surface area contributed by atoms with Crippen molar-refractivity contribution in [2.24, 2.45) is 5.41 Å². The lowest BCUT2D eigenvalue weighted by Crippen LogP contribution is -2.06. The van der Waals surface area contributed by atoms with Gasteiger partial charge in [0.1, 0.15) is 0 Å². The van der Waals surface area contributed by atoms with E-state index in [4.69, 9.17) is 0 Å². The Balaban J connectivity index is 2.44. The third-order valence-corrected chi connectivity index (χ3v) is 1.86. The molecule has 0 fully saturated rings. The van der Waals surface area contributed by atoms with Crippen molar-refractivity contribution in [2.75, 3.05) is 0 Å². The molecule has 0 atom stereocenters. The normalized spacial score (nSPS) is 11.6. The van der Waals surface area contributed by atoms with E-state index in [1.165, 1.54) is 12.1 Å². The van der Waals surface area contributed by atoms with Crippen LogP contribution in [-0.2, 0) is 6.42 Å². The molecular formula is C11H17N. The van der Waals surface area contributed by atoms with Crippen LogP contribution in [0.25, 0.3) is 0 Å². The van der Waals surface area contributed by atoms with E-state index in [1.807, 2.05) is 18.3 Å². The van der Waals surface area contributed by atoms with E-state index in [-0.39, 0.29) is 0 Å². The monoisotopic (exact) mass is 163 g/mol. The van der Waals surface area contributed by atoms with Gasteiger partial charge in [0.2, 0.25) is 0 Å². The van der Waals surface area contributed by atoms with Crippen molar-refractivity contribution in [1.82, 2.24) is 4.98 Å². The van der Waals surface area contributed by atoms with Crippen molar-refractivity contribution in [1.29, 1.82) is 0 Å². The molecule has 0 aliphatic heterocycles. The van der Waals surface area contributed by atoms with Crippen molar-refractivity contribution in [3.8, 4) is 0 Å². The van der Waals surface area contributed by atoms with Gasteiger partial charge in [0.15, 0.2) is 0 Å². The highest BCUT2D eigenvalue weighted by Gasteiger charge is 2.09. The number of aryl methyl sites for hydroxylation is 1. The number of hydrogen-bond acceptors (Lipinski definition) is 1. The van der Waals surface area contributed by atoms with Gasteiger partial charge in [-0.2, -0.15) is 0 Å². The fourth-order valence-corrected chi connectivity index (χ4v) is 1.05. The molecule has 0 saturated carbocycles. The van der Waals surface area contributed by atoms with Crippen molar-refractivity contribution in [2.45, 2.75) is 33.6 Å². The number of nitrogens with zero attached hydrogens (tertiary/aromatic N) is 1. The second-order valence-electron chi connectivity index (χ2n) is 4.38. The molecule has 1 heteroatoms. The van der Waals surface area contributed by atoms with Crippen LogP contribution in [0.1, 0.15) is 32.9 Å². The Morgan fingerprint density at radius 2 is 2.00 bits per heavy atom. The summed E-state index contributed by atoms with van der Waals surface area (Å²) in [5.41, 5.74) is 1.62. The summed E-state index contributed by atoms with van der Waals surface area (Å²) in [7, 11) is 0. The molecule has 0 aromatic carbocycles. The van der Waals surface area contributed by atoms with Crippen molar-refractivity contribution in [3.05, 3.63) is 30.1 Å². The van der Waals surface area contributed by atoms with Gasteiger partial charge in [-0.25, -0.2) is 0 Å². The fraction of sp³-hybridized carbons (Fsp3) is 0.545. The van der Waals surface area contributed by atoms with E-state index in [2.05, 4.69) is 31.8 Å². The van der Waals surface area contributed by atoms with Crippen LogP contribution in [0, 0.1) is 5.41 Å². The molecule has 1 aromatic heterocycles. The second kappa shape index (κ2) is 3.70. The summed E-state index contributed by atoms with van der Waals surface area (Å²) >= 11 is 0. The van der Waals surface area contributed by atoms with Gasteiger partial charge in [0.05, 0.1) is 0 Å². The minimum absolute atomic E-state index is 0.414. The maximum absolute atomic E-state index is 4.28. The average molecular weight is 163 g/mol. The third kappa shape index (κ3) is 3.51. The highest BCUT2D eigenvalue weighted by Crippen LogP contribution is 2.20. The zero-order chi connectivity index (χ0) is 9.03. The minimum atomic E-state index is 0.414. The Morgan fingerprint density at radius 3 is 2.50 bits per heavy atom. The largest absolute Gasteiger partial charge is 0.261 e. The summed E-state index contributed by atoms with van der Waals surface area (Å²) in [6, 6.07) is 6.09. The second-order valence-corrected chi connectivity index (χ2v) is 4.38. The lowest BCUT2D eigenvalue weighted by Gasteiger charge is -2.17. The van der Waals surface area contributed by atoms with E-state index in [1.54, 1.807) is 0 Å². The van der Waals surface area contributed by atoms with Crippen LogP contribution in [-0.4, -0.2) is 4.98 Å². The quantitative estimate of drug-likeness (QED) is 0.653. The predicted octanol–water partition coefficient (Wildman–Crippen LogP) is 3.06. The van der Waals surface area contributed by atoms with Crippen LogP contribution in [0.5, 0.6) is 0 Å². The van der Waals surface area contributed by atoms with Crippen molar-refractivity contribution < 1.29 is 0 Å². The Morgan fingerprint density at radius 1 is 1.25 bits per heavy atom. The summed E-state index contributed by atoms with van der Waals surface area (Å²) in [6.07, 6.45) is 4.15. The summed E-state index contributed by atoms with van der Waals surface area (Å²) in [5, 5.41) is 0. The van der Waals surface area contributed by atoms with Gasteiger partial charge in [-0.15, -0.1) is 0 Å². The van der Waals surface area contributed by atoms with Crippen LogP contribution in [0.2, 0.25) is 0 Å². The standard InChI is InChI=1S/C11H17N/c1-11(2,3)8-7-10-6-4-5-9-12-10/h4-6,9H,7-8H2,1-3H3. The molecule has 1 nitrogen and oxygen atoms in total. The predicted molar refractivity (Wildman–Crippen MR) is 52.0 cm³/mol. The van der Waals surface area contributed by atoms with Crippen molar-refractivity contribution >= 4 is 0 Å². The fourth-order valence-electron chi connectivity index (χ4n) is 1.05. The Labute approximate surface area is 74.8 Å². The van der Waals surface area contributed by atoms with Crippen LogP contribution in [0.4, 0.5) is 0 Å². The third-order valence-electron chi connectivity index (χ3n) is 1.86. The summed E-state index contributed by atoms with van der Waals surface area (Å²) in [6.45, 7) is 6.78. The first-order valence-corrected chi connectivity index (χ1v) is 4.48. The first-order valence-electron chi connectivity index (χ1n) is 4.48. The van der Waals surface area contributed by atoms with E-state index in [0.29, 0.717) is 5.41 Å². The molecule has 66 valence electrons. The molecule has 1 heterocycles. The molecule has 0 N–H and O–H groups in total. The van der Waals surface area contributed by atoms with Gasteiger partial charge in [0.25, 0.3) is 0 Å². The molecule has 0 amide bonds. The van der Waals surface area contributed by atoms with Gasteiger partial charge >= 0.3 is 0 Å². The molecular weight excluding hydrogens is 146 g/mol. The molecule has 0 spiro atoms. The van der Waals surface area contributed by atoms with E-state index in [0.717, 1.165) is 6.42 Å². The lowest BCUT2D eigenvalue weighted by atomic mass is 9.90. The van der Waals surface area contributed by atoms with Gasteiger partial charge in [-0.1, -0.05) is 26.8 Å². The van der Waals surface area contributed by atoms with Crippen LogP contribution >= 0.6 is 0 Å². The number of pyridine rings is 1. The highest BCUT2D eigenvalue weighted by molar-refractivity contribution is 5.03. The molecule has 12 heavy (non-hydrogen) atoms. The molecule has 0 bridgehead atoms. The Bertz CT molecular complexity index is 221. The van der Waals surface area contributed by atoms with Gasteiger partial charge in [0, 0.05) is 11.9 Å². The smallest absolute Gasteiger partial charge is 0.0403 e. The summed E-state index contributed by atoms with van der Waals surface area (Å²) < 4.78 is 0. The first kappa shape index (κ1) is 9.24. The highest BCUT2D eigenvalue weighted by atomic mass is 14.7. The van der Waals surface area contributed by atoms with Crippen LogP contribution in [0.15, 0.2) is 24.4 Å². The zero-order valence-corrected chi connectivity index (χ0v) is 8.17. The molecule has 0 unspecified atom stereocenters. The number of rotatable bonds is 2.